The number of aryl methyl sites for hydroxylation is 1. The number of benzene rings is 2. The van der Waals surface area contributed by atoms with Crippen LogP contribution in [0.2, 0.25) is 0 Å². The van der Waals surface area contributed by atoms with Gasteiger partial charge in [0.1, 0.15) is 11.8 Å². The molecule has 1 unspecified atom stereocenters. The van der Waals surface area contributed by atoms with E-state index in [2.05, 4.69) is 20.8 Å². The average molecular weight is 532 g/mol. The van der Waals surface area contributed by atoms with E-state index in [1.165, 1.54) is 16.2 Å². The molecule has 1 saturated heterocycles. The normalized spacial score (nSPS) is 17.3. The summed E-state index contributed by atoms with van der Waals surface area (Å²) in [6.07, 6.45) is 0. The van der Waals surface area contributed by atoms with Crippen molar-refractivity contribution in [3.05, 3.63) is 92.7 Å². The van der Waals surface area contributed by atoms with Gasteiger partial charge in [0.2, 0.25) is 0 Å². The molecule has 1 amide bonds. The number of hydrogen-bond acceptors (Lipinski definition) is 6. The highest BCUT2D eigenvalue weighted by atomic mass is 32.1. The number of ether oxygens (including phenoxy) is 1. The molecule has 1 aliphatic rings. The monoisotopic (exact) mass is 531 g/mol. The quantitative estimate of drug-likeness (QED) is 0.164. The Labute approximate surface area is 227 Å². The van der Waals surface area contributed by atoms with Gasteiger partial charge >= 0.3 is 5.97 Å². The maximum atomic E-state index is 13.4. The van der Waals surface area contributed by atoms with Crippen LogP contribution in [0.25, 0.3) is 5.76 Å². The number of ketones is 1. The summed E-state index contributed by atoms with van der Waals surface area (Å²) in [6, 6.07) is 15.1. The molecule has 1 aromatic heterocycles. The zero-order valence-corrected chi connectivity index (χ0v) is 23.4. The first-order valence-corrected chi connectivity index (χ1v) is 13.5. The van der Waals surface area contributed by atoms with Crippen molar-refractivity contribution >= 4 is 40.4 Å². The molecule has 2 heterocycles. The van der Waals surface area contributed by atoms with Crippen LogP contribution in [-0.2, 0) is 19.7 Å². The summed E-state index contributed by atoms with van der Waals surface area (Å²) in [5.41, 5.74) is 3.02. The molecule has 0 aliphatic carbocycles. The summed E-state index contributed by atoms with van der Waals surface area (Å²) in [7, 11) is 0. The van der Waals surface area contributed by atoms with Crippen LogP contribution < -0.4 is 4.90 Å². The largest absolute Gasteiger partial charge is 0.507 e. The van der Waals surface area contributed by atoms with E-state index in [1.54, 1.807) is 24.3 Å². The van der Waals surface area contributed by atoms with Crippen LogP contribution in [0.1, 0.15) is 72.6 Å². The van der Waals surface area contributed by atoms with Crippen molar-refractivity contribution < 1.29 is 24.2 Å². The van der Waals surface area contributed by atoms with Crippen molar-refractivity contribution in [1.82, 2.24) is 0 Å². The number of carbonyl (C=O) groups excluding carboxylic acids is 3. The van der Waals surface area contributed by atoms with Gasteiger partial charge in [0.05, 0.1) is 17.7 Å². The van der Waals surface area contributed by atoms with Crippen molar-refractivity contribution in [3.63, 3.8) is 0 Å². The number of nitrogens with zero attached hydrogens (tertiary/aromatic N) is 1. The molecule has 1 atom stereocenters. The Hall–Kier alpha value is -3.71. The maximum Gasteiger partial charge on any atom is 0.338 e. The van der Waals surface area contributed by atoms with Gasteiger partial charge in [-0.25, -0.2) is 4.79 Å². The van der Waals surface area contributed by atoms with Crippen molar-refractivity contribution in [2.45, 2.75) is 53.0 Å². The fourth-order valence-electron chi connectivity index (χ4n) is 4.39. The van der Waals surface area contributed by atoms with Gasteiger partial charge < -0.3 is 9.84 Å². The second kappa shape index (κ2) is 10.6. The van der Waals surface area contributed by atoms with E-state index in [0.717, 1.165) is 16.0 Å². The highest BCUT2D eigenvalue weighted by Crippen LogP contribution is 2.44. The Kier molecular flexibility index (Phi) is 7.61. The van der Waals surface area contributed by atoms with Crippen LogP contribution in [0.5, 0.6) is 0 Å². The fourth-order valence-corrected chi connectivity index (χ4v) is 5.21. The van der Waals surface area contributed by atoms with Gasteiger partial charge in [-0.05, 0) is 71.2 Å². The predicted octanol–water partition coefficient (Wildman–Crippen LogP) is 6.79. The lowest BCUT2D eigenvalue weighted by Gasteiger charge is -2.25. The molecule has 7 heteroatoms. The van der Waals surface area contributed by atoms with E-state index in [0.29, 0.717) is 23.4 Å². The van der Waals surface area contributed by atoms with Crippen LogP contribution in [0.3, 0.4) is 0 Å². The van der Waals surface area contributed by atoms with Gasteiger partial charge in [0.25, 0.3) is 11.7 Å². The van der Waals surface area contributed by atoms with Crippen molar-refractivity contribution in [3.8, 4) is 0 Å². The number of carbonyl (C=O) groups is 3. The number of hydrogen-bond donors (Lipinski definition) is 1. The van der Waals surface area contributed by atoms with Crippen LogP contribution in [0.15, 0.2) is 65.6 Å². The average Bonchev–Trinajstić information content (AvgIpc) is 3.48. The van der Waals surface area contributed by atoms with E-state index in [1.807, 2.05) is 56.5 Å². The van der Waals surface area contributed by atoms with Gasteiger partial charge in [-0.2, -0.15) is 0 Å². The van der Waals surface area contributed by atoms with Gasteiger partial charge in [-0.1, -0.05) is 52.8 Å². The first-order valence-electron chi connectivity index (χ1n) is 12.6. The van der Waals surface area contributed by atoms with Crippen LogP contribution >= 0.6 is 11.3 Å². The number of thiophene rings is 1. The highest BCUT2D eigenvalue weighted by molar-refractivity contribution is 7.10. The first-order chi connectivity index (χ1) is 17.9. The molecular formula is C31H33NO5S. The maximum absolute atomic E-state index is 13.4. The number of aliphatic hydroxyl groups excluding tert-OH is 1. The molecule has 0 bridgehead atoms. The molecule has 0 saturated carbocycles. The summed E-state index contributed by atoms with van der Waals surface area (Å²) < 4.78 is 5.30. The predicted molar refractivity (Wildman–Crippen MR) is 151 cm³/mol. The Morgan fingerprint density at radius 3 is 2.34 bits per heavy atom. The smallest absolute Gasteiger partial charge is 0.338 e. The third-order valence-electron chi connectivity index (χ3n) is 6.54. The second-order valence-corrected chi connectivity index (χ2v) is 12.0. The van der Waals surface area contributed by atoms with E-state index < -0.39 is 23.7 Å². The molecule has 3 aromatic rings. The molecule has 1 N–H and O–H groups in total. The number of amides is 1. The molecule has 1 fully saturated rings. The van der Waals surface area contributed by atoms with E-state index in [4.69, 9.17) is 4.74 Å². The lowest BCUT2D eigenvalue weighted by molar-refractivity contribution is -0.132. The zero-order chi connectivity index (χ0) is 27.8. The van der Waals surface area contributed by atoms with E-state index >= 15 is 0 Å². The van der Waals surface area contributed by atoms with Crippen LogP contribution in [0, 0.1) is 12.8 Å². The van der Waals surface area contributed by atoms with Crippen LogP contribution in [-0.4, -0.2) is 29.4 Å². The minimum atomic E-state index is -0.800. The highest BCUT2D eigenvalue weighted by Gasteiger charge is 2.47. The molecule has 4 rings (SSSR count). The van der Waals surface area contributed by atoms with Gasteiger partial charge in [0, 0.05) is 16.1 Å². The molecule has 0 radical (unpaired) electrons. The molecular weight excluding hydrogens is 498 g/mol. The molecule has 198 valence electrons. The summed E-state index contributed by atoms with van der Waals surface area (Å²) in [5, 5.41) is 13.4. The Balaban J connectivity index is 1.80. The standard InChI is InChI=1S/C31H33NO5S/c1-18(2)17-37-30(36)20-10-13-22(14-11-20)32-26(24-8-7-15-38-24)25(28(34)29(32)35)27(33)23-16-21(31(4,5)6)12-9-19(23)3/h7-16,18,26,33H,17H2,1-6H3/b27-25+. The minimum Gasteiger partial charge on any atom is -0.507 e. The van der Waals surface area contributed by atoms with Gasteiger partial charge in [0.15, 0.2) is 0 Å². The van der Waals surface area contributed by atoms with E-state index in [9.17, 15) is 19.5 Å². The Bertz CT molecular complexity index is 1400. The lowest BCUT2D eigenvalue weighted by atomic mass is 9.84. The summed E-state index contributed by atoms with van der Waals surface area (Å²) >= 11 is 1.40. The third-order valence-corrected chi connectivity index (χ3v) is 7.47. The van der Waals surface area contributed by atoms with Crippen molar-refractivity contribution in [2.75, 3.05) is 11.5 Å². The lowest BCUT2D eigenvalue weighted by Crippen LogP contribution is -2.29. The fraction of sp³-hybridized carbons (Fsp3) is 0.323. The summed E-state index contributed by atoms with van der Waals surface area (Å²) in [5.74, 6) is -1.91. The second-order valence-electron chi connectivity index (χ2n) is 11.0. The van der Waals surface area contributed by atoms with Gasteiger partial charge in [-0.15, -0.1) is 11.3 Å². The van der Waals surface area contributed by atoms with E-state index in [-0.39, 0.29) is 22.7 Å². The number of Topliss-reactive ketones (excluding diaryl/α,β-unsaturated/α-hetero) is 1. The molecule has 1 aliphatic heterocycles. The third kappa shape index (κ3) is 5.29. The summed E-state index contributed by atoms with van der Waals surface area (Å²) in [4.78, 5) is 41.4. The van der Waals surface area contributed by atoms with Gasteiger partial charge in [-0.3, -0.25) is 14.5 Å². The first kappa shape index (κ1) is 27.3. The van der Waals surface area contributed by atoms with Crippen molar-refractivity contribution in [2.24, 2.45) is 5.92 Å². The number of rotatable bonds is 6. The van der Waals surface area contributed by atoms with Crippen LogP contribution in [0.4, 0.5) is 5.69 Å². The zero-order valence-electron chi connectivity index (χ0n) is 22.6. The molecule has 2 aromatic carbocycles. The minimum absolute atomic E-state index is 0.0482. The molecule has 38 heavy (non-hydrogen) atoms. The number of anilines is 1. The topological polar surface area (TPSA) is 83.9 Å². The number of aliphatic hydroxyl groups is 1. The SMILES string of the molecule is Cc1ccc(C(C)(C)C)cc1/C(O)=C1\C(=O)C(=O)N(c2ccc(C(=O)OCC(C)C)cc2)C1c1cccs1. The Morgan fingerprint density at radius 2 is 1.76 bits per heavy atom. The van der Waals surface area contributed by atoms with Crippen molar-refractivity contribution in [1.29, 1.82) is 0 Å². The Morgan fingerprint density at radius 1 is 1.08 bits per heavy atom. The number of esters is 1. The molecule has 0 spiro atoms. The molecule has 6 nitrogen and oxygen atoms in total. The summed E-state index contributed by atoms with van der Waals surface area (Å²) in [6.45, 7) is 12.3.